The number of piperidine rings is 1. The van der Waals surface area contributed by atoms with Crippen molar-refractivity contribution in [1.82, 2.24) is 15.5 Å². The number of carbonyl (C=O) groups is 1. The molecule has 1 saturated heterocycles. The molecular formula is C21H24N4O2S. The third-order valence-corrected chi connectivity index (χ3v) is 5.98. The zero-order valence-electron chi connectivity index (χ0n) is 15.9. The molecule has 28 heavy (non-hydrogen) atoms. The Morgan fingerprint density at radius 3 is 2.75 bits per heavy atom. The molecule has 3 aromatic heterocycles. The van der Waals surface area contributed by atoms with Gasteiger partial charge in [-0.2, -0.15) is 0 Å². The van der Waals surface area contributed by atoms with E-state index in [0.717, 1.165) is 48.1 Å². The molecule has 1 fully saturated rings. The Kier molecular flexibility index (Phi) is 5.71. The van der Waals surface area contributed by atoms with Gasteiger partial charge >= 0.3 is 0 Å². The highest BCUT2D eigenvalue weighted by atomic mass is 32.1. The number of thiophene rings is 1. The Balaban J connectivity index is 1.27. The topological polar surface area (TPSA) is 71.3 Å². The van der Waals surface area contributed by atoms with E-state index in [1.54, 1.807) is 17.6 Å². The van der Waals surface area contributed by atoms with E-state index < -0.39 is 0 Å². The number of carbonyl (C=O) groups excluding carboxylic acids is 1. The van der Waals surface area contributed by atoms with E-state index >= 15 is 0 Å². The van der Waals surface area contributed by atoms with E-state index in [2.05, 4.69) is 20.4 Å². The maximum atomic E-state index is 12.6. The van der Waals surface area contributed by atoms with Crippen LogP contribution >= 0.6 is 11.3 Å². The molecule has 7 heteroatoms. The Morgan fingerprint density at radius 2 is 2.11 bits per heavy atom. The number of furan rings is 1. The number of hydrogen-bond acceptors (Lipinski definition) is 6. The quantitative estimate of drug-likeness (QED) is 0.687. The Morgan fingerprint density at radius 1 is 1.25 bits per heavy atom. The molecule has 0 bridgehead atoms. The molecule has 1 aliphatic heterocycles. The molecule has 1 amide bonds. The minimum atomic E-state index is 0.0497. The number of nitrogens with one attached hydrogen (secondary N) is 1. The summed E-state index contributed by atoms with van der Waals surface area (Å²) in [6.45, 7) is 3.65. The smallest absolute Gasteiger partial charge is 0.223 e. The molecular weight excluding hydrogens is 372 g/mol. The summed E-state index contributed by atoms with van der Waals surface area (Å²) in [4.78, 5) is 15.9. The van der Waals surface area contributed by atoms with Gasteiger partial charge in [0, 0.05) is 31.5 Å². The molecule has 1 N–H and O–H groups in total. The van der Waals surface area contributed by atoms with Gasteiger partial charge in [-0.1, -0.05) is 6.07 Å². The second kappa shape index (κ2) is 8.56. The highest BCUT2D eigenvalue weighted by Crippen LogP contribution is 2.25. The van der Waals surface area contributed by atoms with E-state index in [1.165, 1.54) is 0 Å². The standard InChI is InChI=1S/C21H24N4O2S/c1-15(14-17-4-2-12-27-17)22-21(26)16-8-10-25(11-9-16)20-7-6-18(23-24-20)19-5-3-13-28-19/h2-7,12-13,15-16H,8-11,14H2,1H3,(H,22,26)/t15-/m0/s1. The first-order valence-corrected chi connectivity index (χ1v) is 10.5. The molecule has 6 nitrogen and oxygen atoms in total. The molecule has 1 aliphatic rings. The van der Waals surface area contributed by atoms with E-state index in [0.29, 0.717) is 6.42 Å². The average molecular weight is 397 g/mol. The summed E-state index contributed by atoms with van der Waals surface area (Å²) < 4.78 is 5.36. The number of rotatable bonds is 6. The summed E-state index contributed by atoms with van der Waals surface area (Å²) >= 11 is 1.66. The van der Waals surface area contributed by atoms with Gasteiger partial charge in [0.25, 0.3) is 0 Å². The molecule has 0 unspecified atom stereocenters. The second-order valence-electron chi connectivity index (χ2n) is 7.21. The molecule has 4 rings (SSSR count). The fraction of sp³-hybridized carbons (Fsp3) is 0.381. The summed E-state index contributed by atoms with van der Waals surface area (Å²) in [5.74, 6) is 1.96. The summed E-state index contributed by atoms with van der Waals surface area (Å²) in [7, 11) is 0. The fourth-order valence-corrected chi connectivity index (χ4v) is 4.25. The van der Waals surface area contributed by atoms with Crippen molar-refractivity contribution in [2.45, 2.75) is 32.2 Å². The molecule has 3 aromatic rings. The average Bonchev–Trinajstić information content (AvgIpc) is 3.42. The van der Waals surface area contributed by atoms with Crippen molar-refractivity contribution < 1.29 is 9.21 Å². The molecule has 0 aromatic carbocycles. The molecule has 0 saturated carbocycles. The van der Waals surface area contributed by atoms with Gasteiger partial charge in [-0.25, -0.2) is 0 Å². The predicted octanol–water partition coefficient (Wildman–Crippen LogP) is 3.76. The summed E-state index contributed by atoms with van der Waals surface area (Å²) in [5, 5.41) is 13.9. The number of aromatic nitrogens is 2. The largest absolute Gasteiger partial charge is 0.469 e. The van der Waals surface area contributed by atoms with Gasteiger partial charge in [0.1, 0.15) is 11.5 Å². The maximum Gasteiger partial charge on any atom is 0.223 e. The van der Waals surface area contributed by atoms with Crippen molar-refractivity contribution in [1.29, 1.82) is 0 Å². The highest BCUT2D eigenvalue weighted by Gasteiger charge is 2.26. The van der Waals surface area contributed by atoms with Gasteiger partial charge in [-0.15, -0.1) is 21.5 Å². The van der Waals surface area contributed by atoms with Crippen molar-refractivity contribution in [3.63, 3.8) is 0 Å². The molecule has 0 radical (unpaired) electrons. The maximum absolute atomic E-state index is 12.6. The van der Waals surface area contributed by atoms with Crippen LogP contribution in [0.5, 0.6) is 0 Å². The van der Waals surface area contributed by atoms with Crippen LogP contribution < -0.4 is 10.2 Å². The first-order valence-electron chi connectivity index (χ1n) is 9.64. The molecule has 4 heterocycles. The first kappa shape index (κ1) is 18.7. The van der Waals surface area contributed by atoms with E-state index in [9.17, 15) is 4.79 Å². The number of hydrogen-bond donors (Lipinski definition) is 1. The number of nitrogens with zero attached hydrogens (tertiary/aromatic N) is 3. The van der Waals surface area contributed by atoms with Crippen molar-refractivity contribution >= 4 is 23.1 Å². The number of anilines is 1. The van der Waals surface area contributed by atoms with E-state index in [4.69, 9.17) is 4.42 Å². The van der Waals surface area contributed by atoms with Crippen LogP contribution in [0, 0.1) is 5.92 Å². The monoisotopic (exact) mass is 396 g/mol. The molecule has 146 valence electrons. The Bertz CT molecular complexity index is 870. The van der Waals surface area contributed by atoms with Crippen LogP contribution in [0.15, 0.2) is 52.5 Å². The van der Waals surface area contributed by atoms with Gasteiger partial charge in [0.2, 0.25) is 5.91 Å². The fourth-order valence-electron chi connectivity index (χ4n) is 3.56. The van der Waals surface area contributed by atoms with Crippen molar-refractivity contribution in [3.8, 4) is 10.6 Å². The van der Waals surface area contributed by atoms with Gasteiger partial charge in [-0.05, 0) is 55.5 Å². The van der Waals surface area contributed by atoms with Gasteiger partial charge < -0.3 is 14.6 Å². The van der Waals surface area contributed by atoms with E-state index in [-0.39, 0.29) is 17.9 Å². The predicted molar refractivity (Wildman–Crippen MR) is 110 cm³/mol. The lowest BCUT2D eigenvalue weighted by atomic mass is 9.95. The summed E-state index contributed by atoms with van der Waals surface area (Å²) in [5.41, 5.74) is 0.901. The molecule has 1 atom stereocenters. The van der Waals surface area contributed by atoms with Crippen LogP contribution in [0.3, 0.4) is 0 Å². The summed E-state index contributed by atoms with van der Waals surface area (Å²) in [6, 6.07) is 12.0. The van der Waals surface area contributed by atoms with Crippen molar-refractivity contribution in [2.24, 2.45) is 5.92 Å². The van der Waals surface area contributed by atoms with Crippen LogP contribution in [0.25, 0.3) is 10.6 Å². The minimum Gasteiger partial charge on any atom is -0.469 e. The lowest BCUT2D eigenvalue weighted by Gasteiger charge is -2.32. The highest BCUT2D eigenvalue weighted by molar-refractivity contribution is 7.13. The van der Waals surface area contributed by atoms with Crippen LogP contribution in [-0.2, 0) is 11.2 Å². The van der Waals surface area contributed by atoms with E-state index in [1.807, 2.05) is 48.7 Å². The summed E-state index contributed by atoms with van der Waals surface area (Å²) in [6.07, 6.45) is 4.03. The third kappa shape index (κ3) is 4.42. The van der Waals surface area contributed by atoms with Crippen LogP contribution in [-0.4, -0.2) is 35.2 Å². The Hall–Kier alpha value is -2.67. The van der Waals surface area contributed by atoms with Gasteiger partial charge in [-0.3, -0.25) is 4.79 Å². The van der Waals surface area contributed by atoms with Crippen LogP contribution in [0.4, 0.5) is 5.82 Å². The Labute approximate surface area is 168 Å². The zero-order chi connectivity index (χ0) is 19.3. The second-order valence-corrected chi connectivity index (χ2v) is 8.16. The molecule has 0 spiro atoms. The zero-order valence-corrected chi connectivity index (χ0v) is 16.7. The lowest BCUT2D eigenvalue weighted by Crippen LogP contribution is -2.43. The first-order chi connectivity index (χ1) is 13.7. The minimum absolute atomic E-state index is 0.0497. The van der Waals surface area contributed by atoms with Crippen LogP contribution in [0.1, 0.15) is 25.5 Å². The normalized spacial score (nSPS) is 16.1. The SMILES string of the molecule is C[C@@H](Cc1ccco1)NC(=O)C1CCN(c2ccc(-c3cccs3)nn2)CC1. The molecule has 0 aliphatic carbocycles. The van der Waals surface area contributed by atoms with Crippen molar-refractivity contribution in [2.75, 3.05) is 18.0 Å². The van der Waals surface area contributed by atoms with Crippen LogP contribution in [0.2, 0.25) is 0 Å². The van der Waals surface area contributed by atoms with Crippen molar-refractivity contribution in [3.05, 3.63) is 53.8 Å². The van der Waals surface area contributed by atoms with Gasteiger partial charge in [0.15, 0.2) is 5.82 Å². The number of amides is 1. The lowest BCUT2D eigenvalue weighted by molar-refractivity contribution is -0.126. The third-order valence-electron chi connectivity index (χ3n) is 5.09. The van der Waals surface area contributed by atoms with Gasteiger partial charge in [0.05, 0.1) is 11.1 Å².